The minimum Gasteiger partial charge on any atom is -0.494 e. The van der Waals surface area contributed by atoms with Crippen LogP contribution in [0.2, 0.25) is 5.02 Å². The highest BCUT2D eigenvalue weighted by molar-refractivity contribution is 8.18. The van der Waals surface area contributed by atoms with E-state index in [0.717, 1.165) is 17.0 Å². The normalized spacial score (nSPS) is 17.3. The summed E-state index contributed by atoms with van der Waals surface area (Å²) in [5.41, 5.74) is 1.68. The van der Waals surface area contributed by atoms with Crippen molar-refractivity contribution in [2.45, 2.75) is 13.8 Å². The van der Waals surface area contributed by atoms with Crippen LogP contribution in [-0.2, 0) is 4.79 Å². The molecule has 1 heterocycles. The molecule has 2 aromatic carbocycles. The third-order valence-electron chi connectivity index (χ3n) is 3.73. The van der Waals surface area contributed by atoms with Gasteiger partial charge in [0.25, 0.3) is 5.91 Å². The second-order valence-electron chi connectivity index (χ2n) is 5.54. The molecule has 0 aliphatic carbocycles. The topological polar surface area (TPSA) is 41.9 Å². The van der Waals surface area contributed by atoms with Crippen LogP contribution in [-0.4, -0.2) is 29.1 Å². The number of halogens is 1. The number of aliphatic imine (C=N–C) groups is 1. The highest BCUT2D eigenvalue weighted by Crippen LogP contribution is 2.34. The van der Waals surface area contributed by atoms with Crippen molar-refractivity contribution in [1.29, 1.82) is 0 Å². The van der Waals surface area contributed by atoms with Crippen molar-refractivity contribution in [1.82, 2.24) is 4.90 Å². The van der Waals surface area contributed by atoms with Crippen molar-refractivity contribution in [2.24, 2.45) is 4.99 Å². The third kappa shape index (κ3) is 4.29. The second-order valence-corrected chi connectivity index (χ2v) is 6.98. The molecular formula is C20H19ClN2O2S. The first-order valence-electron chi connectivity index (χ1n) is 8.39. The van der Waals surface area contributed by atoms with Crippen molar-refractivity contribution >= 4 is 46.2 Å². The summed E-state index contributed by atoms with van der Waals surface area (Å²) in [4.78, 5) is 19.6. The van der Waals surface area contributed by atoms with Gasteiger partial charge in [0, 0.05) is 11.6 Å². The number of likely N-dealkylation sites (N-methyl/N-ethyl adjacent to an activating group) is 1. The molecule has 1 saturated heterocycles. The molecule has 0 bridgehead atoms. The van der Waals surface area contributed by atoms with E-state index in [1.807, 2.05) is 56.3 Å². The molecule has 0 saturated carbocycles. The van der Waals surface area contributed by atoms with Crippen molar-refractivity contribution in [3.8, 4) is 5.75 Å². The van der Waals surface area contributed by atoms with Crippen LogP contribution in [0.15, 0.2) is 58.4 Å². The number of rotatable bonds is 5. The Bertz CT molecular complexity index is 862. The van der Waals surface area contributed by atoms with Gasteiger partial charge in [-0.05, 0) is 67.6 Å². The van der Waals surface area contributed by atoms with Gasteiger partial charge in [-0.15, -0.1) is 0 Å². The Hall–Kier alpha value is -2.24. The molecule has 0 atom stereocenters. The summed E-state index contributed by atoms with van der Waals surface area (Å²) < 4.78 is 5.45. The van der Waals surface area contributed by atoms with Gasteiger partial charge in [0.05, 0.1) is 17.2 Å². The molecule has 1 fully saturated rings. The van der Waals surface area contributed by atoms with E-state index < -0.39 is 0 Å². The van der Waals surface area contributed by atoms with Gasteiger partial charge in [-0.25, -0.2) is 4.99 Å². The molecular weight excluding hydrogens is 368 g/mol. The second kappa shape index (κ2) is 8.43. The molecule has 0 spiro atoms. The summed E-state index contributed by atoms with van der Waals surface area (Å²) in [6.45, 7) is 5.07. The van der Waals surface area contributed by atoms with Crippen molar-refractivity contribution in [2.75, 3.05) is 13.2 Å². The smallest absolute Gasteiger partial charge is 0.266 e. The average molecular weight is 387 g/mol. The Kier molecular flexibility index (Phi) is 6.01. The van der Waals surface area contributed by atoms with Crippen LogP contribution in [0.25, 0.3) is 6.08 Å². The van der Waals surface area contributed by atoms with Crippen molar-refractivity contribution < 1.29 is 9.53 Å². The molecule has 6 heteroatoms. The lowest BCUT2D eigenvalue weighted by molar-refractivity contribution is -0.122. The van der Waals surface area contributed by atoms with Gasteiger partial charge in [0.2, 0.25) is 0 Å². The summed E-state index contributed by atoms with van der Waals surface area (Å²) in [6, 6.07) is 15.0. The number of nitrogens with zero attached hydrogens (tertiary/aromatic N) is 2. The molecule has 1 aliphatic heterocycles. The first kappa shape index (κ1) is 18.5. The van der Waals surface area contributed by atoms with Crippen LogP contribution in [0.5, 0.6) is 5.75 Å². The number of hydrogen-bond donors (Lipinski definition) is 0. The Morgan fingerprint density at radius 2 is 1.96 bits per heavy atom. The fraction of sp³-hybridized carbons (Fsp3) is 0.200. The number of amides is 1. The maximum absolute atomic E-state index is 12.7. The number of ether oxygens (including phenoxy) is 1. The van der Waals surface area contributed by atoms with E-state index in [-0.39, 0.29) is 5.91 Å². The van der Waals surface area contributed by atoms with Crippen LogP contribution in [0, 0.1) is 0 Å². The summed E-state index contributed by atoms with van der Waals surface area (Å²) >= 11 is 7.40. The highest BCUT2D eigenvalue weighted by Gasteiger charge is 2.32. The van der Waals surface area contributed by atoms with Gasteiger partial charge in [-0.2, -0.15) is 0 Å². The number of thioether (sulfide) groups is 1. The van der Waals surface area contributed by atoms with Crippen LogP contribution in [0.4, 0.5) is 5.69 Å². The predicted molar refractivity (Wildman–Crippen MR) is 109 cm³/mol. The Balaban J connectivity index is 1.86. The molecule has 134 valence electrons. The molecule has 4 nitrogen and oxygen atoms in total. The maximum Gasteiger partial charge on any atom is 0.266 e. The fourth-order valence-electron chi connectivity index (χ4n) is 2.50. The summed E-state index contributed by atoms with van der Waals surface area (Å²) in [5.74, 6) is 0.783. The molecule has 0 N–H and O–H groups in total. The molecule has 0 unspecified atom stereocenters. The lowest BCUT2D eigenvalue weighted by atomic mass is 10.2. The van der Waals surface area contributed by atoms with Crippen molar-refractivity contribution in [3.63, 3.8) is 0 Å². The number of carbonyl (C=O) groups is 1. The Morgan fingerprint density at radius 3 is 2.62 bits per heavy atom. The minimum absolute atomic E-state index is 0.0350. The molecule has 26 heavy (non-hydrogen) atoms. The average Bonchev–Trinajstić information content (AvgIpc) is 2.91. The first-order chi connectivity index (χ1) is 12.6. The molecule has 3 rings (SSSR count). The van der Waals surface area contributed by atoms with E-state index >= 15 is 0 Å². The van der Waals surface area contributed by atoms with E-state index in [1.54, 1.807) is 17.0 Å². The molecule has 1 aliphatic rings. The summed E-state index contributed by atoms with van der Waals surface area (Å²) in [5, 5.41) is 1.28. The SMILES string of the molecule is CCOc1ccc(/C=C2/SC(=Nc3cccc(Cl)c3)N(CC)C2=O)cc1. The standard InChI is InChI=1S/C20H19ClN2O2S/c1-3-23-19(24)18(12-14-8-10-17(11-9-14)25-4-2)26-20(23)22-16-7-5-6-15(21)13-16/h5-13H,3-4H2,1-2H3/b18-12+,22-20?. The third-order valence-corrected chi connectivity index (χ3v) is 4.97. The number of carbonyl (C=O) groups excluding carboxylic acids is 1. The monoisotopic (exact) mass is 386 g/mol. The van der Waals surface area contributed by atoms with Gasteiger partial charge < -0.3 is 4.74 Å². The van der Waals surface area contributed by atoms with Crippen LogP contribution >= 0.6 is 23.4 Å². The van der Waals surface area contributed by atoms with E-state index in [2.05, 4.69) is 4.99 Å². The van der Waals surface area contributed by atoms with Gasteiger partial charge >= 0.3 is 0 Å². The molecule has 0 radical (unpaired) electrons. The number of benzene rings is 2. The lowest BCUT2D eigenvalue weighted by Gasteiger charge is -2.12. The number of hydrogen-bond acceptors (Lipinski definition) is 4. The van der Waals surface area contributed by atoms with E-state index in [4.69, 9.17) is 16.3 Å². The van der Waals surface area contributed by atoms with E-state index in [0.29, 0.717) is 28.2 Å². The predicted octanol–water partition coefficient (Wildman–Crippen LogP) is 5.36. The minimum atomic E-state index is -0.0350. The van der Waals surface area contributed by atoms with Crippen LogP contribution < -0.4 is 4.74 Å². The van der Waals surface area contributed by atoms with Gasteiger partial charge in [-0.1, -0.05) is 29.8 Å². The zero-order chi connectivity index (χ0) is 18.5. The molecule has 0 aromatic heterocycles. The first-order valence-corrected chi connectivity index (χ1v) is 9.58. The highest BCUT2D eigenvalue weighted by atomic mass is 35.5. The quantitative estimate of drug-likeness (QED) is 0.649. The van der Waals surface area contributed by atoms with E-state index in [1.165, 1.54) is 11.8 Å². The molecule has 2 aromatic rings. The van der Waals surface area contributed by atoms with Gasteiger partial charge in [-0.3, -0.25) is 9.69 Å². The Morgan fingerprint density at radius 1 is 1.19 bits per heavy atom. The Labute approximate surface area is 162 Å². The van der Waals surface area contributed by atoms with Crippen LogP contribution in [0.3, 0.4) is 0 Å². The zero-order valence-corrected chi connectivity index (χ0v) is 16.2. The lowest BCUT2D eigenvalue weighted by Crippen LogP contribution is -2.28. The fourth-order valence-corrected chi connectivity index (χ4v) is 3.75. The largest absolute Gasteiger partial charge is 0.494 e. The van der Waals surface area contributed by atoms with Gasteiger partial charge in [0.15, 0.2) is 5.17 Å². The summed E-state index contributed by atoms with van der Waals surface area (Å²) in [7, 11) is 0. The van der Waals surface area contributed by atoms with Gasteiger partial charge in [0.1, 0.15) is 5.75 Å². The number of amidine groups is 1. The van der Waals surface area contributed by atoms with Crippen molar-refractivity contribution in [3.05, 3.63) is 64.0 Å². The van der Waals surface area contributed by atoms with Crippen LogP contribution in [0.1, 0.15) is 19.4 Å². The van der Waals surface area contributed by atoms with E-state index in [9.17, 15) is 4.79 Å². The maximum atomic E-state index is 12.7. The summed E-state index contributed by atoms with van der Waals surface area (Å²) in [6.07, 6.45) is 1.88. The zero-order valence-electron chi connectivity index (χ0n) is 14.6. The molecule has 1 amide bonds.